The molecule has 0 radical (unpaired) electrons. The molecule has 9 heteroatoms. The Morgan fingerprint density at radius 2 is 1.94 bits per heavy atom. The summed E-state index contributed by atoms with van der Waals surface area (Å²) >= 11 is 6.15. The Balaban J connectivity index is 1.54. The monoisotopic (exact) mass is 436 g/mol. The van der Waals surface area contributed by atoms with E-state index < -0.39 is 5.91 Å². The lowest BCUT2D eigenvalue weighted by atomic mass is 10.1. The number of aromatic nitrogens is 4. The molecule has 8 nitrogen and oxygen atoms in total. The van der Waals surface area contributed by atoms with E-state index >= 15 is 0 Å². The van der Waals surface area contributed by atoms with Crippen molar-refractivity contribution in [3.05, 3.63) is 76.5 Å². The molecule has 0 fully saturated rings. The maximum Gasteiger partial charge on any atom is 0.254 e. The average molecular weight is 437 g/mol. The highest BCUT2D eigenvalue weighted by Crippen LogP contribution is 2.25. The number of nitrogens with two attached hydrogens (primary N) is 1. The van der Waals surface area contributed by atoms with E-state index in [2.05, 4.69) is 15.4 Å². The van der Waals surface area contributed by atoms with Crippen LogP contribution >= 0.6 is 11.6 Å². The quantitative estimate of drug-likeness (QED) is 0.482. The van der Waals surface area contributed by atoms with E-state index in [0.717, 1.165) is 22.6 Å². The number of anilines is 1. The van der Waals surface area contributed by atoms with Crippen LogP contribution in [0.4, 0.5) is 5.69 Å². The molecule has 0 spiro atoms. The standard InChI is InChI=1S/C22H21ClN6O2/c1-13-16(14(2)29-22(26-13)17(12-25-29)21(24)31)6-8-20(30)27-18-7-5-15(23)11-19(18)28-9-3-4-10-28/h3-5,7,9-12H,6,8H2,1-2H3,(H2,24,31)(H,27,30). The normalized spacial score (nSPS) is 11.1. The van der Waals surface area contributed by atoms with Gasteiger partial charge in [-0.15, -0.1) is 0 Å². The molecule has 3 N–H and O–H groups in total. The summed E-state index contributed by atoms with van der Waals surface area (Å²) in [6.07, 6.45) is 5.92. The van der Waals surface area contributed by atoms with Gasteiger partial charge in [0.15, 0.2) is 5.65 Å². The second-order valence-electron chi connectivity index (χ2n) is 7.22. The molecule has 158 valence electrons. The van der Waals surface area contributed by atoms with Crippen molar-refractivity contribution in [3.63, 3.8) is 0 Å². The summed E-state index contributed by atoms with van der Waals surface area (Å²) in [5.74, 6) is -0.706. The molecule has 4 aromatic rings. The summed E-state index contributed by atoms with van der Waals surface area (Å²) in [6, 6.07) is 9.14. The van der Waals surface area contributed by atoms with Crippen molar-refractivity contribution >= 4 is 34.7 Å². The van der Waals surface area contributed by atoms with Crippen LogP contribution in [0.5, 0.6) is 0 Å². The molecule has 0 saturated carbocycles. The van der Waals surface area contributed by atoms with Gasteiger partial charge in [-0.1, -0.05) is 11.6 Å². The number of hydrogen-bond donors (Lipinski definition) is 2. The van der Waals surface area contributed by atoms with Crippen LogP contribution in [0.2, 0.25) is 5.02 Å². The van der Waals surface area contributed by atoms with Gasteiger partial charge >= 0.3 is 0 Å². The van der Waals surface area contributed by atoms with Gasteiger partial charge in [-0.05, 0) is 56.2 Å². The Kier molecular flexibility index (Phi) is 5.48. The first-order valence-electron chi connectivity index (χ1n) is 9.71. The highest BCUT2D eigenvalue weighted by molar-refractivity contribution is 6.31. The first kappa shape index (κ1) is 20.6. The molecule has 31 heavy (non-hydrogen) atoms. The Hall–Kier alpha value is -3.65. The number of hydrogen-bond acceptors (Lipinski definition) is 4. The molecule has 0 aliphatic carbocycles. The number of rotatable bonds is 6. The summed E-state index contributed by atoms with van der Waals surface area (Å²) < 4.78 is 3.48. The van der Waals surface area contributed by atoms with Gasteiger partial charge in [-0.2, -0.15) is 5.10 Å². The topological polar surface area (TPSA) is 107 Å². The molecular weight excluding hydrogens is 416 g/mol. The lowest BCUT2D eigenvalue weighted by Gasteiger charge is -2.14. The van der Waals surface area contributed by atoms with Crippen LogP contribution in [0.25, 0.3) is 11.3 Å². The molecule has 0 aliphatic heterocycles. The van der Waals surface area contributed by atoms with Gasteiger partial charge in [-0.3, -0.25) is 9.59 Å². The van der Waals surface area contributed by atoms with Crippen molar-refractivity contribution in [2.45, 2.75) is 26.7 Å². The average Bonchev–Trinajstić information content (AvgIpc) is 3.39. The minimum atomic E-state index is -0.574. The third-order valence-electron chi connectivity index (χ3n) is 5.19. The van der Waals surface area contributed by atoms with Crippen LogP contribution < -0.4 is 11.1 Å². The van der Waals surface area contributed by atoms with E-state index in [1.165, 1.54) is 6.20 Å². The van der Waals surface area contributed by atoms with E-state index in [1.807, 2.05) is 42.9 Å². The van der Waals surface area contributed by atoms with E-state index in [9.17, 15) is 9.59 Å². The number of amides is 2. The van der Waals surface area contributed by atoms with E-state index in [1.54, 1.807) is 22.7 Å². The van der Waals surface area contributed by atoms with Crippen LogP contribution in [0, 0.1) is 13.8 Å². The Morgan fingerprint density at radius 1 is 1.19 bits per heavy atom. The summed E-state index contributed by atoms with van der Waals surface area (Å²) in [4.78, 5) is 28.8. The van der Waals surface area contributed by atoms with Gasteiger partial charge in [0.2, 0.25) is 5.91 Å². The summed E-state index contributed by atoms with van der Waals surface area (Å²) in [5, 5.41) is 7.78. The maximum atomic E-state index is 12.7. The Bertz CT molecular complexity index is 1290. The molecular formula is C22H21ClN6O2. The molecule has 3 aromatic heterocycles. The fourth-order valence-corrected chi connectivity index (χ4v) is 3.78. The highest BCUT2D eigenvalue weighted by Gasteiger charge is 2.17. The van der Waals surface area contributed by atoms with Gasteiger partial charge in [0.25, 0.3) is 5.91 Å². The van der Waals surface area contributed by atoms with Crippen LogP contribution in [0.15, 0.2) is 48.9 Å². The molecule has 0 bridgehead atoms. The van der Waals surface area contributed by atoms with Gasteiger partial charge in [0.1, 0.15) is 5.56 Å². The molecule has 3 heterocycles. The number of nitrogens with zero attached hydrogens (tertiary/aromatic N) is 4. The van der Waals surface area contributed by atoms with Crippen molar-refractivity contribution in [2.24, 2.45) is 5.73 Å². The molecule has 4 rings (SSSR count). The number of carbonyl (C=O) groups is 2. The number of aryl methyl sites for hydroxylation is 2. The second kappa shape index (κ2) is 8.23. The van der Waals surface area contributed by atoms with Crippen LogP contribution in [-0.2, 0) is 11.2 Å². The lowest BCUT2D eigenvalue weighted by Crippen LogP contribution is -2.16. The minimum Gasteiger partial charge on any atom is -0.365 e. The SMILES string of the molecule is Cc1nc2c(C(N)=O)cnn2c(C)c1CCC(=O)Nc1ccc(Cl)cc1-n1cccc1. The zero-order valence-corrected chi connectivity index (χ0v) is 17.8. The third-order valence-corrected chi connectivity index (χ3v) is 5.43. The second-order valence-corrected chi connectivity index (χ2v) is 7.66. The predicted octanol–water partition coefficient (Wildman–Crippen LogP) is 3.46. The number of fused-ring (bicyclic) bond motifs is 1. The zero-order valence-electron chi connectivity index (χ0n) is 17.1. The number of halogens is 1. The largest absolute Gasteiger partial charge is 0.365 e. The summed E-state index contributed by atoms with van der Waals surface area (Å²) in [6.45, 7) is 3.73. The third kappa shape index (κ3) is 4.02. The smallest absolute Gasteiger partial charge is 0.254 e. The summed E-state index contributed by atoms with van der Waals surface area (Å²) in [5.41, 5.74) is 10.0. The fourth-order valence-electron chi connectivity index (χ4n) is 3.62. The van der Waals surface area contributed by atoms with Crippen LogP contribution in [-0.4, -0.2) is 31.0 Å². The van der Waals surface area contributed by atoms with Gasteiger partial charge in [0.05, 0.1) is 17.6 Å². The van der Waals surface area contributed by atoms with Crippen molar-refractivity contribution < 1.29 is 9.59 Å². The number of primary amides is 1. The molecule has 0 unspecified atom stereocenters. The van der Waals surface area contributed by atoms with E-state index in [-0.39, 0.29) is 17.9 Å². The first-order chi connectivity index (χ1) is 14.8. The van der Waals surface area contributed by atoms with Crippen molar-refractivity contribution in [1.29, 1.82) is 0 Å². The minimum absolute atomic E-state index is 0.132. The summed E-state index contributed by atoms with van der Waals surface area (Å²) in [7, 11) is 0. The van der Waals surface area contributed by atoms with Crippen LogP contribution in [0.3, 0.4) is 0 Å². The molecule has 0 atom stereocenters. The molecule has 2 amide bonds. The van der Waals surface area contributed by atoms with Crippen molar-refractivity contribution in [1.82, 2.24) is 19.2 Å². The molecule has 0 aliphatic rings. The van der Waals surface area contributed by atoms with Gasteiger partial charge < -0.3 is 15.6 Å². The van der Waals surface area contributed by atoms with E-state index in [4.69, 9.17) is 17.3 Å². The highest BCUT2D eigenvalue weighted by atomic mass is 35.5. The predicted molar refractivity (Wildman–Crippen MR) is 119 cm³/mol. The van der Waals surface area contributed by atoms with Gasteiger partial charge in [0, 0.05) is 35.2 Å². The molecule has 0 saturated heterocycles. The van der Waals surface area contributed by atoms with Crippen molar-refractivity contribution in [2.75, 3.05) is 5.32 Å². The van der Waals surface area contributed by atoms with Gasteiger partial charge in [-0.25, -0.2) is 9.50 Å². The zero-order chi connectivity index (χ0) is 22.1. The van der Waals surface area contributed by atoms with Crippen molar-refractivity contribution in [3.8, 4) is 5.69 Å². The number of nitrogens with one attached hydrogen (secondary N) is 1. The first-order valence-corrected chi connectivity index (χ1v) is 10.1. The van der Waals surface area contributed by atoms with Crippen LogP contribution in [0.1, 0.15) is 33.7 Å². The van der Waals surface area contributed by atoms with E-state index in [0.29, 0.717) is 22.8 Å². The Morgan fingerprint density at radius 3 is 2.65 bits per heavy atom. The molecule has 1 aromatic carbocycles. The Labute approximate surface area is 183 Å². The number of carbonyl (C=O) groups excluding carboxylic acids is 2. The fraction of sp³-hybridized carbons (Fsp3) is 0.182. The maximum absolute atomic E-state index is 12.7. The lowest BCUT2D eigenvalue weighted by molar-refractivity contribution is -0.116. The number of benzene rings is 1.